The fourth-order valence-electron chi connectivity index (χ4n) is 2.16. The van der Waals surface area contributed by atoms with E-state index < -0.39 is 9.84 Å². The van der Waals surface area contributed by atoms with Gasteiger partial charge in [-0.25, -0.2) is 8.42 Å². The van der Waals surface area contributed by atoms with Crippen LogP contribution in [0.2, 0.25) is 0 Å². The highest BCUT2D eigenvalue weighted by Gasteiger charge is 2.22. The molecule has 1 saturated carbocycles. The number of sulfone groups is 1. The molecule has 0 bridgehead atoms. The van der Waals surface area contributed by atoms with Crippen LogP contribution in [0.3, 0.4) is 0 Å². The molecule has 1 aliphatic rings. The van der Waals surface area contributed by atoms with Crippen molar-refractivity contribution in [3.63, 3.8) is 0 Å². The summed E-state index contributed by atoms with van der Waals surface area (Å²) in [7, 11) is -2.83. The minimum atomic E-state index is -2.83. The van der Waals surface area contributed by atoms with Crippen LogP contribution in [0, 0.1) is 5.92 Å². The predicted molar refractivity (Wildman–Crippen MR) is 68.4 cm³/mol. The van der Waals surface area contributed by atoms with Gasteiger partial charge in [0, 0.05) is 11.8 Å². The molecule has 1 rings (SSSR count). The molecule has 16 heavy (non-hydrogen) atoms. The average Bonchev–Trinajstić information content (AvgIpc) is 2.64. The van der Waals surface area contributed by atoms with Gasteiger partial charge in [-0.3, -0.25) is 0 Å². The number of rotatable bonds is 6. The Morgan fingerprint density at radius 1 is 1.25 bits per heavy atom. The van der Waals surface area contributed by atoms with Gasteiger partial charge in [0.05, 0.1) is 5.75 Å². The maximum atomic E-state index is 11.1. The van der Waals surface area contributed by atoms with E-state index in [9.17, 15) is 8.42 Å². The first-order valence-electron chi connectivity index (χ1n) is 6.21. The minimum absolute atomic E-state index is 0.0638. The van der Waals surface area contributed by atoms with Crippen LogP contribution in [0.25, 0.3) is 0 Å². The third-order valence-electron chi connectivity index (χ3n) is 3.44. The molecule has 1 N–H and O–H groups in total. The molecule has 0 heterocycles. The molecule has 3 nitrogen and oxygen atoms in total. The lowest BCUT2D eigenvalue weighted by Gasteiger charge is -2.27. The summed E-state index contributed by atoms with van der Waals surface area (Å²) in [5.74, 6) is 1.08. The molecule has 0 unspecified atom stereocenters. The van der Waals surface area contributed by atoms with Crippen molar-refractivity contribution < 1.29 is 8.42 Å². The maximum absolute atomic E-state index is 11.1. The molecule has 0 aromatic rings. The highest BCUT2D eigenvalue weighted by Crippen LogP contribution is 2.24. The summed E-state index contributed by atoms with van der Waals surface area (Å²) in [6.07, 6.45) is 7.37. The van der Waals surface area contributed by atoms with E-state index in [1.54, 1.807) is 0 Å². The molecule has 0 atom stereocenters. The third kappa shape index (κ3) is 5.85. The first-order chi connectivity index (χ1) is 7.29. The predicted octanol–water partition coefficient (Wildman–Crippen LogP) is 1.98. The van der Waals surface area contributed by atoms with E-state index in [0.29, 0.717) is 6.42 Å². The Balaban J connectivity index is 2.27. The van der Waals surface area contributed by atoms with Crippen LogP contribution in [-0.2, 0) is 9.84 Å². The van der Waals surface area contributed by atoms with E-state index >= 15 is 0 Å². The Hall–Kier alpha value is -0.0900. The van der Waals surface area contributed by atoms with E-state index in [1.807, 2.05) is 0 Å². The van der Waals surface area contributed by atoms with E-state index in [-0.39, 0.29) is 11.3 Å². The van der Waals surface area contributed by atoms with Gasteiger partial charge in [-0.1, -0.05) is 12.8 Å². The quantitative estimate of drug-likeness (QED) is 0.780. The standard InChI is InChI=1S/C12H25NO2S/c1-12(2,8-9-16(3,14)15)13-10-11-6-4-5-7-11/h11,13H,4-10H2,1-3H3. The number of hydrogen-bond donors (Lipinski definition) is 1. The lowest BCUT2D eigenvalue weighted by atomic mass is 10.00. The van der Waals surface area contributed by atoms with Gasteiger partial charge in [-0.15, -0.1) is 0 Å². The van der Waals surface area contributed by atoms with Gasteiger partial charge in [0.15, 0.2) is 0 Å². The fourth-order valence-corrected chi connectivity index (χ4v) is 3.05. The molecule has 4 heteroatoms. The van der Waals surface area contributed by atoms with Crippen molar-refractivity contribution in [3.05, 3.63) is 0 Å². The first-order valence-corrected chi connectivity index (χ1v) is 8.27. The first kappa shape index (κ1) is 14.0. The van der Waals surface area contributed by atoms with Crippen LogP contribution in [0.5, 0.6) is 0 Å². The van der Waals surface area contributed by atoms with Gasteiger partial charge < -0.3 is 5.32 Å². The fraction of sp³-hybridized carbons (Fsp3) is 1.00. The largest absolute Gasteiger partial charge is 0.311 e. The van der Waals surface area contributed by atoms with E-state index in [1.165, 1.54) is 31.9 Å². The Morgan fingerprint density at radius 2 is 1.81 bits per heavy atom. The highest BCUT2D eigenvalue weighted by atomic mass is 32.2. The van der Waals surface area contributed by atoms with Gasteiger partial charge in [-0.2, -0.15) is 0 Å². The molecule has 0 aromatic carbocycles. The van der Waals surface area contributed by atoms with E-state index in [2.05, 4.69) is 19.2 Å². The maximum Gasteiger partial charge on any atom is 0.147 e. The van der Waals surface area contributed by atoms with Gasteiger partial charge in [-0.05, 0) is 45.6 Å². The van der Waals surface area contributed by atoms with Crippen molar-refractivity contribution in [2.45, 2.75) is 51.5 Å². The Bertz CT molecular complexity index is 303. The molecule has 0 aromatic heterocycles. The molecule has 0 amide bonds. The Labute approximate surface area is 99.9 Å². The minimum Gasteiger partial charge on any atom is -0.311 e. The van der Waals surface area contributed by atoms with Crippen molar-refractivity contribution in [2.24, 2.45) is 5.92 Å². The van der Waals surface area contributed by atoms with Crippen LogP contribution < -0.4 is 5.32 Å². The average molecular weight is 247 g/mol. The summed E-state index contributed by atoms with van der Waals surface area (Å²) < 4.78 is 22.2. The summed E-state index contributed by atoms with van der Waals surface area (Å²) in [4.78, 5) is 0. The summed E-state index contributed by atoms with van der Waals surface area (Å²) >= 11 is 0. The van der Waals surface area contributed by atoms with E-state index in [0.717, 1.165) is 12.5 Å². The summed E-state index contributed by atoms with van der Waals surface area (Å²) in [6.45, 7) is 5.22. The zero-order valence-electron chi connectivity index (χ0n) is 10.8. The van der Waals surface area contributed by atoms with Gasteiger partial charge >= 0.3 is 0 Å². The zero-order valence-corrected chi connectivity index (χ0v) is 11.6. The van der Waals surface area contributed by atoms with Crippen LogP contribution >= 0.6 is 0 Å². The smallest absolute Gasteiger partial charge is 0.147 e. The lowest BCUT2D eigenvalue weighted by Crippen LogP contribution is -2.42. The second-order valence-electron chi connectivity index (χ2n) is 5.80. The van der Waals surface area contributed by atoms with Gasteiger partial charge in [0.1, 0.15) is 9.84 Å². The number of hydrogen-bond acceptors (Lipinski definition) is 3. The SMILES string of the molecule is CC(C)(CCS(C)(=O)=O)NCC1CCCC1. The molecular weight excluding hydrogens is 222 g/mol. The molecule has 0 aliphatic heterocycles. The normalized spacial score (nSPS) is 19.2. The molecule has 0 radical (unpaired) electrons. The molecular formula is C12H25NO2S. The van der Waals surface area contributed by atoms with Crippen LogP contribution in [-0.4, -0.2) is 32.5 Å². The van der Waals surface area contributed by atoms with Crippen LogP contribution in [0.4, 0.5) is 0 Å². The zero-order chi connectivity index (χ0) is 12.2. The van der Waals surface area contributed by atoms with Crippen molar-refractivity contribution in [3.8, 4) is 0 Å². The van der Waals surface area contributed by atoms with Crippen molar-refractivity contribution in [1.82, 2.24) is 5.32 Å². The summed E-state index contributed by atoms with van der Waals surface area (Å²) in [6, 6.07) is 0. The Kier molecular flexibility index (Phi) is 4.80. The van der Waals surface area contributed by atoms with Gasteiger partial charge in [0.2, 0.25) is 0 Å². The summed E-state index contributed by atoms with van der Waals surface area (Å²) in [5, 5.41) is 3.51. The van der Waals surface area contributed by atoms with Crippen molar-refractivity contribution in [1.29, 1.82) is 0 Å². The monoisotopic (exact) mass is 247 g/mol. The van der Waals surface area contributed by atoms with Crippen molar-refractivity contribution >= 4 is 9.84 Å². The summed E-state index contributed by atoms with van der Waals surface area (Å²) in [5.41, 5.74) is -0.0638. The second-order valence-corrected chi connectivity index (χ2v) is 8.05. The molecule has 1 fully saturated rings. The lowest BCUT2D eigenvalue weighted by molar-refractivity contribution is 0.340. The third-order valence-corrected chi connectivity index (χ3v) is 4.39. The van der Waals surface area contributed by atoms with Crippen molar-refractivity contribution in [2.75, 3.05) is 18.6 Å². The van der Waals surface area contributed by atoms with Gasteiger partial charge in [0.25, 0.3) is 0 Å². The molecule has 1 aliphatic carbocycles. The van der Waals surface area contributed by atoms with Crippen LogP contribution in [0.1, 0.15) is 46.0 Å². The molecule has 96 valence electrons. The number of nitrogens with one attached hydrogen (secondary N) is 1. The van der Waals surface area contributed by atoms with E-state index in [4.69, 9.17) is 0 Å². The second kappa shape index (κ2) is 5.50. The van der Waals surface area contributed by atoms with Crippen LogP contribution in [0.15, 0.2) is 0 Å². The highest BCUT2D eigenvalue weighted by molar-refractivity contribution is 7.90. The Morgan fingerprint density at radius 3 is 2.31 bits per heavy atom. The molecule has 0 spiro atoms. The molecule has 0 saturated heterocycles. The topological polar surface area (TPSA) is 46.2 Å².